The maximum absolute atomic E-state index is 6.01. The van der Waals surface area contributed by atoms with Crippen molar-refractivity contribution in [1.82, 2.24) is 4.98 Å². The van der Waals surface area contributed by atoms with E-state index in [1.54, 1.807) is 18.4 Å². The summed E-state index contributed by atoms with van der Waals surface area (Å²) in [4.78, 5) is 10.6. The lowest BCUT2D eigenvalue weighted by atomic mass is 9.93. The lowest BCUT2D eigenvalue weighted by Gasteiger charge is -2.15. The molecule has 1 aliphatic rings. The fourth-order valence-electron chi connectivity index (χ4n) is 2.86. The lowest BCUT2D eigenvalue weighted by molar-refractivity contribution is 0.415. The van der Waals surface area contributed by atoms with Crippen molar-refractivity contribution >= 4 is 34.3 Å². The van der Waals surface area contributed by atoms with Crippen molar-refractivity contribution in [2.45, 2.75) is 12.8 Å². The summed E-state index contributed by atoms with van der Waals surface area (Å²) in [5.41, 5.74) is 4.49. The van der Waals surface area contributed by atoms with Gasteiger partial charge in [-0.3, -0.25) is 0 Å². The highest BCUT2D eigenvalue weighted by atomic mass is 35.5. The van der Waals surface area contributed by atoms with E-state index in [-0.39, 0.29) is 0 Å². The number of ether oxygens (including phenoxy) is 1. The van der Waals surface area contributed by atoms with Crippen molar-refractivity contribution < 1.29 is 4.74 Å². The van der Waals surface area contributed by atoms with E-state index in [4.69, 9.17) is 21.3 Å². The van der Waals surface area contributed by atoms with Crippen molar-refractivity contribution in [2.75, 3.05) is 7.11 Å². The van der Waals surface area contributed by atoms with E-state index in [1.807, 2.05) is 36.5 Å². The molecule has 0 amide bonds. The van der Waals surface area contributed by atoms with Gasteiger partial charge in [0, 0.05) is 21.7 Å². The van der Waals surface area contributed by atoms with Gasteiger partial charge in [0.2, 0.25) is 5.13 Å². The third-order valence-electron chi connectivity index (χ3n) is 4.05. The number of benzene rings is 2. The third-order valence-corrected chi connectivity index (χ3v) is 5.31. The largest absolute Gasteiger partial charge is 0.497 e. The molecule has 3 nitrogen and oxygen atoms in total. The molecule has 120 valence electrons. The van der Waals surface area contributed by atoms with Crippen LogP contribution >= 0.6 is 22.9 Å². The Bertz CT molecular complexity index is 933. The molecule has 1 heterocycles. The van der Waals surface area contributed by atoms with Crippen molar-refractivity contribution in [1.29, 1.82) is 0 Å². The third kappa shape index (κ3) is 2.95. The molecule has 0 saturated heterocycles. The van der Waals surface area contributed by atoms with Gasteiger partial charge < -0.3 is 4.74 Å². The van der Waals surface area contributed by atoms with E-state index in [1.165, 1.54) is 10.4 Å². The molecule has 3 aromatic rings. The quantitative estimate of drug-likeness (QED) is 0.596. The number of rotatable bonds is 3. The molecule has 0 radical (unpaired) electrons. The molecule has 0 fully saturated rings. The van der Waals surface area contributed by atoms with Crippen LogP contribution in [0.1, 0.15) is 16.0 Å². The molecule has 0 aliphatic heterocycles. The van der Waals surface area contributed by atoms with Crippen LogP contribution in [0.2, 0.25) is 5.02 Å². The normalized spacial score (nSPS) is 12.9. The van der Waals surface area contributed by atoms with E-state index < -0.39 is 0 Å². The first kappa shape index (κ1) is 15.4. The molecular formula is C19H15ClN2OS. The number of halogens is 1. The Balaban J connectivity index is 1.68. The highest BCUT2D eigenvalue weighted by molar-refractivity contribution is 7.15. The Morgan fingerprint density at radius 3 is 2.96 bits per heavy atom. The Morgan fingerprint density at radius 2 is 2.12 bits per heavy atom. The first-order valence-corrected chi connectivity index (χ1v) is 8.89. The number of fused-ring (bicyclic) bond motifs is 3. The zero-order valence-electron chi connectivity index (χ0n) is 13.1. The number of aromatic nitrogens is 1. The summed E-state index contributed by atoms with van der Waals surface area (Å²) in [6, 6.07) is 13.8. The predicted molar refractivity (Wildman–Crippen MR) is 100 cm³/mol. The fraction of sp³-hybridized carbons (Fsp3) is 0.158. The van der Waals surface area contributed by atoms with Crippen molar-refractivity contribution in [3.05, 3.63) is 63.5 Å². The summed E-state index contributed by atoms with van der Waals surface area (Å²) in [5, 5.41) is 1.48. The number of hydrogen-bond acceptors (Lipinski definition) is 4. The van der Waals surface area contributed by atoms with Gasteiger partial charge in [0.05, 0.1) is 12.8 Å². The van der Waals surface area contributed by atoms with Crippen LogP contribution < -0.4 is 4.74 Å². The van der Waals surface area contributed by atoms with Gasteiger partial charge in [-0.25, -0.2) is 9.98 Å². The molecular weight excluding hydrogens is 340 g/mol. The SMILES string of the molecule is COc1ccc2c(c1)-c1nc(N=Cc3cccc(Cl)c3)sc1CC2. The van der Waals surface area contributed by atoms with Gasteiger partial charge in [-0.1, -0.05) is 41.1 Å². The van der Waals surface area contributed by atoms with Crippen LogP contribution in [-0.2, 0) is 12.8 Å². The minimum atomic E-state index is 0.707. The summed E-state index contributed by atoms with van der Waals surface area (Å²) in [5.74, 6) is 0.860. The highest BCUT2D eigenvalue weighted by Crippen LogP contribution is 2.40. The molecule has 0 bridgehead atoms. The standard InChI is InChI=1S/C19H15ClN2OS/c1-23-15-7-5-13-6-8-17-18(16(13)10-15)22-19(24-17)21-11-12-3-2-4-14(20)9-12/h2-5,7,9-11H,6,8H2,1H3. The highest BCUT2D eigenvalue weighted by Gasteiger charge is 2.21. The lowest BCUT2D eigenvalue weighted by Crippen LogP contribution is -2.02. The zero-order valence-corrected chi connectivity index (χ0v) is 14.7. The first-order chi connectivity index (χ1) is 11.7. The van der Waals surface area contributed by atoms with Crippen LogP contribution in [0, 0.1) is 0 Å². The first-order valence-electron chi connectivity index (χ1n) is 7.69. The van der Waals surface area contributed by atoms with Gasteiger partial charge in [-0.15, -0.1) is 0 Å². The van der Waals surface area contributed by atoms with E-state index in [0.29, 0.717) is 5.02 Å². The van der Waals surface area contributed by atoms with Crippen molar-refractivity contribution in [3.8, 4) is 17.0 Å². The second-order valence-electron chi connectivity index (χ2n) is 5.60. The predicted octanol–water partition coefficient (Wildman–Crippen LogP) is 5.32. The number of methoxy groups -OCH3 is 1. The van der Waals surface area contributed by atoms with Crippen molar-refractivity contribution in [2.24, 2.45) is 4.99 Å². The summed E-state index contributed by atoms with van der Waals surface area (Å²) >= 11 is 7.66. The smallest absolute Gasteiger partial charge is 0.209 e. The summed E-state index contributed by atoms with van der Waals surface area (Å²) in [6.07, 6.45) is 3.85. The maximum atomic E-state index is 6.01. The van der Waals surface area contributed by atoms with E-state index in [0.717, 1.165) is 40.5 Å². The van der Waals surface area contributed by atoms with E-state index in [9.17, 15) is 0 Å². The Hall–Kier alpha value is -2.17. The van der Waals surface area contributed by atoms with Crippen molar-refractivity contribution in [3.63, 3.8) is 0 Å². The second kappa shape index (κ2) is 6.38. The van der Waals surface area contributed by atoms with Gasteiger partial charge in [-0.2, -0.15) is 0 Å². The van der Waals surface area contributed by atoms with Gasteiger partial charge in [0.15, 0.2) is 0 Å². The Morgan fingerprint density at radius 1 is 1.21 bits per heavy atom. The number of nitrogens with zero attached hydrogens (tertiary/aromatic N) is 2. The van der Waals surface area contributed by atoms with E-state index >= 15 is 0 Å². The molecule has 1 aromatic heterocycles. The second-order valence-corrected chi connectivity index (χ2v) is 7.10. The fourth-order valence-corrected chi connectivity index (χ4v) is 3.98. The molecule has 24 heavy (non-hydrogen) atoms. The molecule has 0 atom stereocenters. The number of hydrogen-bond donors (Lipinski definition) is 0. The van der Waals surface area contributed by atoms with Crippen LogP contribution in [-0.4, -0.2) is 18.3 Å². The minimum absolute atomic E-state index is 0.707. The summed E-state index contributed by atoms with van der Waals surface area (Å²) in [7, 11) is 1.69. The van der Waals surface area contributed by atoms with Gasteiger partial charge in [0.25, 0.3) is 0 Å². The van der Waals surface area contributed by atoms with Gasteiger partial charge in [-0.05, 0) is 48.2 Å². The Labute approximate surface area is 149 Å². The van der Waals surface area contributed by atoms with Gasteiger partial charge in [0.1, 0.15) is 5.75 Å². The Kier molecular flexibility index (Phi) is 4.08. The number of aryl methyl sites for hydroxylation is 2. The molecule has 2 aromatic carbocycles. The number of thiazole rings is 1. The minimum Gasteiger partial charge on any atom is -0.497 e. The summed E-state index contributed by atoms with van der Waals surface area (Å²) < 4.78 is 5.35. The summed E-state index contributed by atoms with van der Waals surface area (Å²) in [6.45, 7) is 0. The average molecular weight is 355 g/mol. The molecule has 0 N–H and O–H groups in total. The van der Waals surface area contributed by atoms with Crippen LogP contribution in [0.3, 0.4) is 0 Å². The van der Waals surface area contributed by atoms with Crippen LogP contribution in [0.15, 0.2) is 47.5 Å². The van der Waals surface area contributed by atoms with Gasteiger partial charge >= 0.3 is 0 Å². The number of aliphatic imine (C=N–C) groups is 1. The molecule has 5 heteroatoms. The maximum Gasteiger partial charge on any atom is 0.209 e. The zero-order chi connectivity index (χ0) is 16.5. The monoisotopic (exact) mass is 354 g/mol. The molecule has 1 aliphatic carbocycles. The molecule has 0 saturated carbocycles. The van der Waals surface area contributed by atoms with Crippen LogP contribution in [0.5, 0.6) is 5.75 Å². The topological polar surface area (TPSA) is 34.5 Å². The van der Waals surface area contributed by atoms with E-state index in [2.05, 4.69) is 17.1 Å². The van der Waals surface area contributed by atoms with Crippen LogP contribution in [0.4, 0.5) is 5.13 Å². The molecule has 4 rings (SSSR count). The van der Waals surface area contributed by atoms with Crippen LogP contribution in [0.25, 0.3) is 11.3 Å². The molecule has 0 unspecified atom stereocenters. The molecule has 0 spiro atoms. The average Bonchev–Trinajstić information content (AvgIpc) is 3.03.